The molecule has 1 atom stereocenters. The molecule has 15 heavy (non-hydrogen) atoms. The van der Waals surface area contributed by atoms with Crippen molar-refractivity contribution in [3.05, 3.63) is 24.3 Å². The predicted molar refractivity (Wildman–Crippen MR) is 47.4 cm³/mol. The van der Waals surface area contributed by atoms with E-state index in [0.717, 1.165) is 0 Å². The molecule has 0 spiro atoms. The molecular formula is C10H8F2O3. The average molecular weight is 214 g/mol. The lowest BCUT2D eigenvalue weighted by Crippen LogP contribution is -2.39. The number of Topliss-reactive ketones (excluding diaryl/α,β-unsaturated/α-hetero) is 1. The van der Waals surface area contributed by atoms with Crippen LogP contribution in [0.2, 0.25) is 0 Å². The van der Waals surface area contributed by atoms with Crippen LogP contribution in [0.25, 0.3) is 0 Å². The first-order valence-electron chi connectivity index (χ1n) is 4.39. The molecule has 1 heterocycles. The normalized spacial score (nSPS) is 19.0. The van der Waals surface area contributed by atoms with E-state index in [9.17, 15) is 13.6 Å². The number of rotatable bonds is 2. The van der Waals surface area contributed by atoms with Gasteiger partial charge in [-0.15, -0.1) is 0 Å². The number of carbonyl (C=O) groups is 1. The van der Waals surface area contributed by atoms with E-state index < -0.39 is 18.3 Å². The maximum Gasteiger partial charge on any atom is 0.299 e. The summed E-state index contributed by atoms with van der Waals surface area (Å²) in [6, 6.07) is 6.63. The molecule has 2 rings (SSSR count). The third-order valence-electron chi connectivity index (χ3n) is 2.04. The Balaban J connectivity index is 2.15. The summed E-state index contributed by atoms with van der Waals surface area (Å²) in [5, 5.41) is 0. The second-order valence-corrected chi connectivity index (χ2v) is 3.07. The van der Waals surface area contributed by atoms with Gasteiger partial charge < -0.3 is 9.47 Å². The van der Waals surface area contributed by atoms with E-state index in [1.807, 2.05) is 0 Å². The van der Waals surface area contributed by atoms with Gasteiger partial charge in [-0.3, -0.25) is 4.79 Å². The number of para-hydroxylation sites is 2. The molecule has 0 bridgehead atoms. The Kier molecular flexibility index (Phi) is 2.53. The molecule has 1 aromatic rings. The molecule has 0 N–H and O–H groups in total. The van der Waals surface area contributed by atoms with E-state index >= 15 is 0 Å². The molecule has 0 aliphatic carbocycles. The van der Waals surface area contributed by atoms with Gasteiger partial charge in [0.15, 0.2) is 17.6 Å². The number of halogens is 2. The lowest BCUT2D eigenvalue weighted by molar-refractivity contribution is -0.139. The van der Waals surface area contributed by atoms with E-state index in [2.05, 4.69) is 0 Å². The van der Waals surface area contributed by atoms with Gasteiger partial charge in [-0.25, -0.2) is 8.78 Å². The van der Waals surface area contributed by atoms with Crippen molar-refractivity contribution in [2.24, 2.45) is 0 Å². The zero-order chi connectivity index (χ0) is 10.8. The molecule has 5 heteroatoms. The van der Waals surface area contributed by atoms with E-state index in [1.54, 1.807) is 24.3 Å². The standard InChI is InChI=1S/C10H8F2O3/c11-10(12)9(13)8-5-14-6-3-1-2-4-7(6)15-8/h1-4,8,10H,5H2. The average Bonchev–Trinajstić information content (AvgIpc) is 2.27. The van der Waals surface area contributed by atoms with Gasteiger partial charge in [-0.05, 0) is 12.1 Å². The predicted octanol–water partition coefficient (Wildman–Crippen LogP) is 1.66. The molecule has 1 aliphatic heterocycles. The Labute approximate surface area is 84.6 Å². The van der Waals surface area contributed by atoms with E-state index in [-0.39, 0.29) is 6.61 Å². The Bertz CT molecular complexity index is 379. The van der Waals surface area contributed by atoms with Gasteiger partial charge in [-0.2, -0.15) is 0 Å². The molecule has 1 aliphatic rings. The zero-order valence-electron chi connectivity index (χ0n) is 7.65. The summed E-state index contributed by atoms with van der Waals surface area (Å²) in [6.45, 7) is -0.166. The van der Waals surface area contributed by atoms with Gasteiger partial charge in [0.1, 0.15) is 6.61 Å². The van der Waals surface area contributed by atoms with E-state index in [0.29, 0.717) is 11.5 Å². The van der Waals surface area contributed by atoms with Crippen molar-refractivity contribution in [3.63, 3.8) is 0 Å². The molecule has 1 unspecified atom stereocenters. The fourth-order valence-corrected chi connectivity index (χ4v) is 1.30. The second kappa shape index (κ2) is 3.84. The maximum absolute atomic E-state index is 12.1. The number of hydrogen-bond donors (Lipinski definition) is 0. The molecule has 0 saturated carbocycles. The van der Waals surface area contributed by atoms with Gasteiger partial charge in [0.25, 0.3) is 6.43 Å². The van der Waals surface area contributed by atoms with Crippen LogP contribution in [0.15, 0.2) is 24.3 Å². The van der Waals surface area contributed by atoms with E-state index in [4.69, 9.17) is 9.47 Å². The van der Waals surface area contributed by atoms with Crippen LogP contribution >= 0.6 is 0 Å². The number of fused-ring (bicyclic) bond motifs is 1. The molecule has 80 valence electrons. The molecule has 0 radical (unpaired) electrons. The molecule has 1 aromatic carbocycles. The smallest absolute Gasteiger partial charge is 0.299 e. The Morgan fingerprint density at radius 1 is 1.33 bits per heavy atom. The number of alkyl halides is 2. The Morgan fingerprint density at radius 3 is 2.67 bits per heavy atom. The van der Waals surface area contributed by atoms with Crippen LogP contribution < -0.4 is 9.47 Å². The largest absolute Gasteiger partial charge is 0.485 e. The molecular weight excluding hydrogens is 206 g/mol. The van der Waals surface area contributed by atoms with Crippen molar-refractivity contribution in [1.29, 1.82) is 0 Å². The topological polar surface area (TPSA) is 35.5 Å². The second-order valence-electron chi connectivity index (χ2n) is 3.07. The molecule has 0 amide bonds. The summed E-state index contributed by atoms with van der Waals surface area (Å²) >= 11 is 0. The van der Waals surface area contributed by atoms with Gasteiger partial charge in [0, 0.05) is 0 Å². The first kappa shape index (κ1) is 9.89. The van der Waals surface area contributed by atoms with Crippen molar-refractivity contribution in [1.82, 2.24) is 0 Å². The highest BCUT2D eigenvalue weighted by atomic mass is 19.3. The molecule has 0 fully saturated rings. The number of benzene rings is 1. The molecule has 0 aromatic heterocycles. The highest BCUT2D eigenvalue weighted by Crippen LogP contribution is 2.31. The minimum atomic E-state index is -3.02. The zero-order valence-corrected chi connectivity index (χ0v) is 7.65. The number of hydrogen-bond acceptors (Lipinski definition) is 3. The summed E-state index contributed by atoms with van der Waals surface area (Å²) < 4.78 is 34.4. The van der Waals surface area contributed by atoms with Crippen molar-refractivity contribution in [2.75, 3.05) is 6.61 Å². The lowest BCUT2D eigenvalue weighted by atomic mass is 10.2. The summed E-state index contributed by atoms with van der Waals surface area (Å²) in [4.78, 5) is 11.0. The van der Waals surface area contributed by atoms with Gasteiger partial charge >= 0.3 is 0 Å². The summed E-state index contributed by atoms with van der Waals surface area (Å²) in [6.07, 6.45) is -4.23. The first-order valence-corrected chi connectivity index (χ1v) is 4.39. The van der Waals surface area contributed by atoms with Gasteiger partial charge in [0.2, 0.25) is 5.78 Å². The Hall–Kier alpha value is -1.65. The molecule has 3 nitrogen and oxygen atoms in total. The highest BCUT2D eigenvalue weighted by molar-refractivity contribution is 5.86. The van der Waals surface area contributed by atoms with E-state index in [1.165, 1.54) is 0 Å². The fraction of sp³-hybridized carbons (Fsp3) is 0.300. The Morgan fingerprint density at radius 2 is 2.00 bits per heavy atom. The third kappa shape index (κ3) is 1.91. The van der Waals surface area contributed by atoms with Crippen LogP contribution in [-0.4, -0.2) is 24.9 Å². The van der Waals surface area contributed by atoms with Crippen molar-refractivity contribution >= 4 is 5.78 Å². The fourth-order valence-electron chi connectivity index (χ4n) is 1.30. The minimum Gasteiger partial charge on any atom is -0.485 e. The van der Waals surface area contributed by atoms with Crippen LogP contribution in [-0.2, 0) is 4.79 Å². The lowest BCUT2D eigenvalue weighted by Gasteiger charge is -2.24. The van der Waals surface area contributed by atoms with Crippen LogP contribution in [0.3, 0.4) is 0 Å². The van der Waals surface area contributed by atoms with Gasteiger partial charge in [0.05, 0.1) is 0 Å². The summed E-state index contributed by atoms with van der Waals surface area (Å²) in [5.74, 6) is -0.455. The van der Waals surface area contributed by atoms with Crippen LogP contribution in [0, 0.1) is 0 Å². The monoisotopic (exact) mass is 214 g/mol. The quantitative estimate of drug-likeness (QED) is 0.751. The van der Waals surface area contributed by atoms with Crippen molar-refractivity contribution < 1.29 is 23.0 Å². The summed E-state index contributed by atoms with van der Waals surface area (Å²) in [5.41, 5.74) is 0. The van der Waals surface area contributed by atoms with Crippen LogP contribution in [0.5, 0.6) is 11.5 Å². The van der Waals surface area contributed by atoms with Crippen molar-refractivity contribution in [2.45, 2.75) is 12.5 Å². The highest BCUT2D eigenvalue weighted by Gasteiger charge is 2.32. The molecule has 0 saturated heterocycles. The van der Waals surface area contributed by atoms with Crippen LogP contribution in [0.4, 0.5) is 8.78 Å². The number of ketones is 1. The number of carbonyl (C=O) groups excluding carboxylic acids is 1. The number of ether oxygens (including phenoxy) is 2. The van der Waals surface area contributed by atoms with Gasteiger partial charge in [-0.1, -0.05) is 12.1 Å². The first-order chi connectivity index (χ1) is 7.18. The third-order valence-corrected chi connectivity index (χ3v) is 2.04. The van der Waals surface area contributed by atoms with Crippen molar-refractivity contribution in [3.8, 4) is 11.5 Å². The maximum atomic E-state index is 12.1. The SMILES string of the molecule is O=C(C(F)F)C1COc2ccccc2O1. The minimum absolute atomic E-state index is 0.166. The van der Waals surface area contributed by atoms with Crippen LogP contribution in [0.1, 0.15) is 0 Å². The summed E-state index contributed by atoms with van der Waals surface area (Å²) in [7, 11) is 0.